The van der Waals surface area contributed by atoms with Gasteiger partial charge in [0.15, 0.2) is 0 Å². The largest absolute Gasteiger partial charge is 0.463 e. The van der Waals surface area contributed by atoms with Crippen LogP contribution in [0, 0.1) is 16.0 Å². The maximum Gasteiger partial charge on any atom is 0.336 e. The molecule has 148 valence electrons. The molecule has 0 aliphatic heterocycles. The lowest BCUT2D eigenvalue weighted by Crippen LogP contribution is -2.27. The van der Waals surface area contributed by atoms with E-state index < -0.39 is 16.8 Å². The molecule has 6 nitrogen and oxygen atoms in total. The third-order valence-electron chi connectivity index (χ3n) is 4.40. The van der Waals surface area contributed by atoms with E-state index in [9.17, 15) is 14.9 Å². The Morgan fingerprint density at radius 3 is 2.18 bits per heavy atom. The number of ether oxygens (including phenoxy) is 1. The van der Waals surface area contributed by atoms with Crippen LogP contribution in [0.4, 0.5) is 0 Å². The zero-order valence-electron chi connectivity index (χ0n) is 16.4. The summed E-state index contributed by atoms with van der Waals surface area (Å²) in [5.74, 6) is -1.15. The number of nitrogens with one attached hydrogen (secondary N) is 1. The summed E-state index contributed by atoms with van der Waals surface area (Å²) in [6, 6.07) is 19.1. The molecule has 0 radical (unpaired) electrons. The Morgan fingerprint density at radius 1 is 1.07 bits per heavy atom. The van der Waals surface area contributed by atoms with Gasteiger partial charge in [0.05, 0.1) is 23.8 Å². The summed E-state index contributed by atoms with van der Waals surface area (Å²) in [5.41, 5.74) is 2.67. The zero-order chi connectivity index (χ0) is 20.5. The molecule has 28 heavy (non-hydrogen) atoms. The Morgan fingerprint density at radius 2 is 1.64 bits per heavy atom. The first-order chi connectivity index (χ1) is 13.4. The van der Waals surface area contributed by atoms with Crippen molar-refractivity contribution < 1.29 is 14.5 Å². The van der Waals surface area contributed by atoms with Gasteiger partial charge in [-0.15, -0.1) is 0 Å². The van der Waals surface area contributed by atoms with Crippen molar-refractivity contribution in [3.8, 4) is 0 Å². The highest BCUT2D eigenvalue weighted by molar-refractivity contribution is 5.97. The lowest BCUT2D eigenvalue weighted by Gasteiger charge is -2.23. The van der Waals surface area contributed by atoms with Crippen molar-refractivity contribution in [1.29, 1.82) is 0 Å². The van der Waals surface area contributed by atoms with Gasteiger partial charge in [-0.05, 0) is 25.0 Å². The summed E-state index contributed by atoms with van der Waals surface area (Å²) in [7, 11) is 0. The Hall–Kier alpha value is -3.15. The molecule has 0 saturated carbocycles. The van der Waals surface area contributed by atoms with Gasteiger partial charge in [0.25, 0.3) is 0 Å². The van der Waals surface area contributed by atoms with E-state index in [1.165, 1.54) is 0 Å². The molecular formula is C22H26N2O4. The van der Waals surface area contributed by atoms with E-state index >= 15 is 0 Å². The van der Waals surface area contributed by atoms with Crippen LogP contribution in [0.3, 0.4) is 0 Å². The summed E-state index contributed by atoms with van der Waals surface area (Å²) in [5, 5.41) is 14.5. The lowest BCUT2D eigenvalue weighted by atomic mass is 9.94. The Kier molecular flexibility index (Phi) is 7.75. The zero-order valence-corrected chi connectivity index (χ0v) is 16.4. The first-order valence-corrected chi connectivity index (χ1v) is 9.34. The number of esters is 1. The van der Waals surface area contributed by atoms with Gasteiger partial charge in [-0.3, -0.25) is 10.1 Å². The monoisotopic (exact) mass is 382 g/mol. The molecule has 0 aliphatic carbocycles. The Bertz CT molecular complexity index is 819. The predicted octanol–water partition coefficient (Wildman–Crippen LogP) is 4.22. The third-order valence-corrected chi connectivity index (χ3v) is 4.40. The fraction of sp³-hybridized carbons (Fsp3) is 0.318. The first kappa shape index (κ1) is 21.2. The predicted molar refractivity (Wildman–Crippen MR) is 109 cm³/mol. The molecule has 2 rings (SSSR count). The summed E-state index contributed by atoms with van der Waals surface area (Å²) in [6.45, 7) is 5.22. The Balaban J connectivity index is 2.56. The van der Waals surface area contributed by atoms with Crippen LogP contribution in [0.25, 0.3) is 5.70 Å². The van der Waals surface area contributed by atoms with Gasteiger partial charge < -0.3 is 10.1 Å². The fourth-order valence-electron chi connectivity index (χ4n) is 3.04. The van der Waals surface area contributed by atoms with Crippen molar-refractivity contribution >= 4 is 11.7 Å². The second-order valence-electron chi connectivity index (χ2n) is 6.57. The SMILES string of the molecule is CCOC(=O)/C(=C(/N[C@H](C)c1ccccc1)c1ccccc1)[C@H](C)C[N+](=O)[O-]. The van der Waals surface area contributed by atoms with Crippen LogP contribution in [-0.4, -0.2) is 24.0 Å². The molecule has 0 amide bonds. The van der Waals surface area contributed by atoms with Crippen LogP contribution in [0.2, 0.25) is 0 Å². The molecule has 0 heterocycles. The van der Waals surface area contributed by atoms with Crippen molar-refractivity contribution in [2.45, 2.75) is 26.8 Å². The molecule has 1 N–H and O–H groups in total. The van der Waals surface area contributed by atoms with Crippen molar-refractivity contribution in [3.05, 3.63) is 87.5 Å². The quantitative estimate of drug-likeness (QED) is 0.304. The molecule has 0 aliphatic rings. The summed E-state index contributed by atoms with van der Waals surface area (Å²) in [4.78, 5) is 23.5. The molecule has 0 bridgehead atoms. The average molecular weight is 382 g/mol. The maximum absolute atomic E-state index is 12.8. The van der Waals surface area contributed by atoms with Crippen molar-refractivity contribution in [3.63, 3.8) is 0 Å². The van der Waals surface area contributed by atoms with Crippen molar-refractivity contribution in [1.82, 2.24) is 5.32 Å². The second-order valence-corrected chi connectivity index (χ2v) is 6.57. The number of benzene rings is 2. The molecule has 2 aromatic carbocycles. The number of hydrogen-bond acceptors (Lipinski definition) is 5. The van der Waals surface area contributed by atoms with Gasteiger partial charge in [0.1, 0.15) is 0 Å². The van der Waals surface area contributed by atoms with Gasteiger partial charge in [-0.2, -0.15) is 0 Å². The number of carbonyl (C=O) groups excluding carboxylic acids is 1. The molecule has 0 unspecified atom stereocenters. The molecule has 2 atom stereocenters. The van der Waals surface area contributed by atoms with Crippen LogP contribution >= 0.6 is 0 Å². The van der Waals surface area contributed by atoms with E-state index in [1.807, 2.05) is 67.6 Å². The number of nitro groups is 1. The smallest absolute Gasteiger partial charge is 0.336 e. The van der Waals surface area contributed by atoms with Crippen LogP contribution in [0.15, 0.2) is 66.2 Å². The normalized spacial score (nSPS) is 13.8. The standard InChI is InChI=1S/C22H26N2O4/c1-4-28-22(25)20(16(2)15-24(26)27)21(19-13-9-6-10-14-19)23-17(3)18-11-7-5-8-12-18/h5-14,16-17,23H,4,15H2,1-3H3/b21-20+/t16-,17-/m1/s1. The summed E-state index contributed by atoms with van der Waals surface area (Å²) < 4.78 is 5.24. The van der Waals surface area contributed by atoms with Crippen LogP contribution in [-0.2, 0) is 9.53 Å². The van der Waals surface area contributed by atoms with Crippen molar-refractivity contribution in [2.24, 2.45) is 5.92 Å². The number of nitrogens with zero attached hydrogens (tertiary/aromatic N) is 1. The number of hydrogen-bond donors (Lipinski definition) is 1. The minimum Gasteiger partial charge on any atom is -0.463 e. The molecule has 0 aromatic heterocycles. The first-order valence-electron chi connectivity index (χ1n) is 9.34. The van der Waals surface area contributed by atoms with E-state index in [0.717, 1.165) is 11.1 Å². The molecule has 2 aromatic rings. The molecule has 0 saturated heterocycles. The average Bonchev–Trinajstić information content (AvgIpc) is 2.68. The lowest BCUT2D eigenvalue weighted by molar-refractivity contribution is -0.485. The summed E-state index contributed by atoms with van der Waals surface area (Å²) >= 11 is 0. The fourth-order valence-corrected chi connectivity index (χ4v) is 3.04. The Labute approximate surface area is 165 Å². The van der Waals surface area contributed by atoms with Crippen LogP contribution in [0.1, 0.15) is 37.9 Å². The van der Waals surface area contributed by atoms with Gasteiger partial charge in [-0.1, -0.05) is 67.6 Å². The van der Waals surface area contributed by atoms with Gasteiger partial charge >= 0.3 is 5.97 Å². The molecular weight excluding hydrogens is 356 g/mol. The van der Waals surface area contributed by atoms with E-state index in [1.54, 1.807) is 13.8 Å². The maximum atomic E-state index is 12.8. The van der Waals surface area contributed by atoms with Crippen LogP contribution < -0.4 is 5.32 Å². The molecule has 0 fully saturated rings. The third kappa shape index (κ3) is 5.67. The minimum absolute atomic E-state index is 0.108. The van der Waals surface area contributed by atoms with Crippen molar-refractivity contribution in [2.75, 3.05) is 13.2 Å². The highest BCUT2D eigenvalue weighted by Crippen LogP contribution is 2.27. The van der Waals surface area contributed by atoms with E-state index in [0.29, 0.717) is 5.70 Å². The number of carbonyl (C=O) groups is 1. The highest BCUT2D eigenvalue weighted by atomic mass is 16.6. The minimum atomic E-state index is -0.611. The molecule has 6 heteroatoms. The summed E-state index contributed by atoms with van der Waals surface area (Å²) in [6.07, 6.45) is 0. The highest BCUT2D eigenvalue weighted by Gasteiger charge is 2.28. The van der Waals surface area contributed by atoms with Crippen LogP contribution in [0.5, 0.6) is 0 Å². The topological polar surface area (TPSA) is 81.5 Å². The van der Waals surface area contributed by atoms with Gasteiger partial charge in [0, 0.05) is 11.0 Å². The van der Waals surface area contributed by atoms with E-state index in [-0.39, 0.29) is 24.8 Å². The molecule has 0 spiro atoms. The van der Waals surface area contributed by atoms with E-state index in [4.69, 9.17) is 4.74 Å². The number of rotatable bonds is 9. The van der Waals surface area contributed by atoms with E-state index in [2.05, 4.69) is 5.32 Å². The second kappa shape index (κ2) is 10.3. The van der Waals surface area contributed by atoms with Gasteiger partial charge in [-0.25, -0.2) is 4.79 Å². The van der Waals surface area contributed by atoms with Gasteiger partial charge in [0.2, 0.25) is 6.54 Å².